The first kappa shape index (κ1) is 19.6. The number of hydrogen-bond acceptors (Lipinski definition) is 1. The Morgan fingerprint density at radius 2 is 1.32 bits per heavy atom. The number of thiol groups is 1. The molecule has 0 aliphatic rings. The molecule has 4 rings (SSSR count). The first-order valence-electron chi connectivity index (χ1n) is 6.87. The predicted molar refractivity (Wildman–Crippen MR) is 131 cm³/mol. The van der Waals surface area contributed by atoms with Crippen LogP contribution in [0.15, 0.2) is 47.1 Å². The van der Waals surface area contributed by atoms with Gasteiger partial charge in [0.15, 0.2) is 0 Å². The Morgan fingerprint density at radius 1 is 0.680 bits per heavy atom. The van der Waals surface area contributed by atoms with E-state index in [-0.39, 0.29) is 0 Å². The van der Waals surface area contributed by atoms with Gasteiger partial charge in [0, 0.05) is 44.1 Å². The van der Waals surface area contributed by atoms with E-state index in [1.54, 1.807) is 0 Å². The molecule has 128 valence electrons. The van der Waals surface area contributed by atoms with Crippen LogP contribution in [0.25, 0.3) is 32.3 Å². The SMILES string of the molecule is Sc1ccc2ccc3c(Br)c(Br)c(Br)c4c(Br)c([Si](Cl)(Cl)Cl)c1c2c34. The maximum absolute atomic E-state index is 6.50. The molecule has 0 unspecified atom stereocenters. The van der Waals surface area contributed by atoms with E-state index in [1.807, 2.05) is 12.1 Å². The zero-order valence-electron chi connectivity index (χ0n) is 11.9. The van der Waals surface area contributed by atoms with Crippen molar-refractivity contribution in [1.29, 1.82) is 0 Å². The number of benzene rings is 4. The fraction of sp³-hybridized carbons (Fsp3) is 0. The molecule has 0 amide bonds. The minimum absolute atomic E-state index is 0.725. The number of hydrogen-bond donors (Lipinski definition) is 1. The lowest BCUT2D eigenvalue weighted by Crippen LogP contribution is -2.32. The van der Waals surface area contributed by atoms with Gasteiger partial charge in [-0.3, -0.25) is 0 Å². The van der Waals surface area contributed by atoms with Crippen LogP contribution >= 0.6 is 110 Å². The van der Waals surface area contributed by atoms with Gasteiger partial charge in [0.25, 0.3) is 0 Å². The third-order valence-corrected chi connectivity index (χ3v) is 12.0. The van der Waals surface area contributed by atoms with Gasteiger partial charge in [-0.1, -0.05) is 34.1 Å². The zero-order valence-corrected chi connectivity index (χ0v) is 22.4. The average Bonchev–Trinajstić information content (AvgIpc) is 2.53. The molecule has 25 heavy (non-hydrogen) atoms. The Hall–Kier alpha value is 1.28. The number of rotatable bonds is 1. The van der Waals surface area contributed by atoms with Gasteiger partial charge in [-0.2, -0.15) is 0 Å². The van der Waals surface area contributed by atoms with Crippen LogP contribution in [0.1, 0.15) is 0 Å². The van der Waals surface area contributed by atoms with Crippen LogP contribution in [0.4, 0.5) is 0 Å². The normalized spacial score (nSPS) is 12.8. The first-order valence-corrected chi connectivity index (χ1v) is 15.5. The highest BCUT2D eigenvalue weighted by atomic mass is 79.9. The van der Waals surface area contributed by atoms with E-state index in [0.717, 1.165) is 60.3 Å². The van der Waals surface area contributed by atoms with Gasteiger partial charge in [-0.15, -0.1) is 45.9 Å². The van der Waals surface area contributed by atoms with Gasteiger partial charge in [0.2, 0.25) is 0 Å². The van der Waals surface area contributed by atoms with Gasteiger partial charge in [-0.25, -0.2) is 0 Å². The highest BCUT2D eigenvalue weighted by Gasteiger charge is 2.36. The van der Waals surface area contributed by atoms with Crippen molar-refractivity contribution in [3.63, 3.8) is 0 Å². The Kier molecular flexibility index (Phi) is 5.22. The van der Waals surface area contributed by atoms with Crippen molar-refractivity contribution in [3.8, 4) is 0 Å². The van der Waals surface area contributed by atoms with Gasteiger partial charge in [0.1, 0.15) is 0 Å². The summed E-state index contributed by atoms with van der Waals surface area (Å²) in [6.07, 6.45) is 0. The van der Waals surface area contributed by atoms with Crippen LogP contribution in [0.5, 0.6) is 0 Å². The molecule has 0 aromatic heterocycles. The topological polar surface area (TPSA) is 0 Å². The van der Waals surface area contributed by atoms with Gasteiger partial charge in [-0.05, 0) is 70.0 Å². The van der Waals surface area contributed by atoms with Crippen molar-refractivity contribution in [3.05, 3.63) is 42.2 Å². The second-order valence-corrected chi connectivity index (χ2v) is 17.5. The average molecular weight is 683 g/mol. The molecule has 0 aliphatic carbocycles. The Balaban J connectivity index is 2.51. The second-order valence-electron chi connectivity index (χ2n) is 5.55. The molecule has 0 saturated heterocycles. The minimum atomic E-state index is -3.21. The van der Waals surface area contributed by atoms with E-state index in [0.29, 0.717) is 0 Å². The molecule has 4 aromatic carbocycles. The Morgan fingerprint density at radius 3 is 1.96 bits per heavy atom. The van der Waals surface area contributed by atoms with Crippen LogP contribution in [-0.4, -0.2) is 6.00 Å². The van der Waals surface area contributed by atoms with E-state index in [4.69, 9.17) is 33.2 Å². The largest absolute Gasteiger partial charge is 0.374 e. The van der Waals surface area contributed by atoms with Crippen LogP contribution in [-0.2, 0) is 0 Å². The van der Waals surface area contributed by atoms with Crippen molar-refractivity contribution in [1.82, 2.24) is 0 Å². The molecule has 0 N–H and O–H groups in total. The third kappa shape index (κ3) is 2.85. The van der Waals surface area contributed by atoms with Crippen molar-refractivity contribution in [2.45, 2.75) is 4.90 Å². The summed E-state index contributed by atoms with van der Waals surface area (Å²) in [5.74, 6) is 0. The fourth-order valence-corrected chi connectivity index (χ4v) is 10.8. The molecular formula is C16H5Br4Cl3SSi. The number of halogens is 7. The molecule has 0 heterocycles. The van der Waals surface area contributed by atoms with Crippen molar-refractivity contribution < 1.29 is 0 Å². The lowest BCUT2D eigenvalue weighted by Gasteiger charge is -2.23. The maximum atomic E-state index is 6.50. The minimum Gasteiger partial charge on any atom is -0.143 e. The molecule has 0 saturated carbocycles. The van der Waals surface area contributed by atoms with Crippen molar-refractivity contribution >= 4 is 153 Å². The quantitative estimate of drug-likeness (QED) is 0.0671. The fourth-order valence-electron chi connectivity index (χ4n) is 3.24. The van der Waals surface area contributed by atoms with Crippen LogP contribution < -0.4 is 5.19 Å². The smallest absolute Gasteiger partial charge is 0.143 e. The third-order valence-electron chi connectivity index (χ3n) is 4.23. The standard InChI is InChI=1S/C16H5Br4Cl3SSi/c17-12-6-3-1-5-2-4-7(24)10-8(5)9(6)11(13(18)15(12)20)14(19)16(10)25(21,22)23/h1-4,24H. The molecule has 0 fully saturated rings. The molecule has 0 atom stereocenters. The Labute approximate surface area is 197 Å². The summed E-state index contributed by atoms with van der Waals surface area (Å²) >= 11 is 38.9. The summed E-state index contributed by atoms with van der Waals surface area (Å²) in [5, 5.41) is 6.94. The van der Waals surface area contributed by atoms with E-state index in [9.17, 15) is 0 Å². The van der Waals surface area contributed by atoms with Gasteiger partial charge >= 0.3 is 6.00 Å². The molecule has 0 radical (unpaired) electrons. The van der Waals surface area contributed by atoms with Gasteiger partial charge in [0.05, 0.1) is 0 Å². The summed E-state index contributed by atoms with van der Waals surface area (Å²) in [6.45, 7) is 0. The Bertz CT molecular complexity index is 1190. The summed E-state index contributed by atoms with van der Waals surface area (Å²) in [7, 11) is 0. The van der Waals surface area contributed by atoms with Crippen molar-refractivity contribution in [2.24, 2.45) is 0 Å². The highest BCUT2D eigenvalue weighted by Crippen LogP contribution is 2.49. The summed E-state index contributed by atoms with van der Waals surface area (Å²) in [6, 6.07) is 4.97. The molecule has 0 nitrogen and oxygen atoms in total. The zero-order chi connectivity index (χ0) is 18.3. The molecular weight excluding hydrogens is 678 g/mol. The van der Waals surface area contributed by atoms with Crippen molar-refractivity contribution in [2.75, 3.05) is 0 Å². The monoisotopic (exact) mass is 678 g/mol. The second kappa shape index (κ2) is 6.67. The van der Waals surface area contributed by atoms with E-state index < -0.39 is 6.00 Å². The lowest BCUT2D eigenvalue weighted by atomic mass is 9.94. The molecule has 0 spiro atoms. The lowest BCUT2D eigenvalue weighted by molar-refractivity contribution is 1.58. The van der Waals surface area contributed by atoms with E-state index in [2.05, 4.69) is 88.5 Å². The highest BCUT2D eigenvalue weighted by molar-refractivity contribution is 9.14. The van der Waals surface area contributed by atoms with E-state index in [1.165, 1.54) is 0 Å². The first-order chi connectivity index (χ1) is 11.6. The van der Waals surface area contributed by atoms with Crippen LogP contribution in [0.3, 0.4) is 0 Å². The molecule has 9 heteroatoms. The van der Waals surface area contributed by atoms with E-state index >= 15 is 0 Å². The molecule has 4 aromatic rings. The molecule has 0 bridgehead atoms. The van der Waals surface area contributed by atoms with Crippen LogP contribution in [0.2, 0.25) is 0 Å². The van der Waals surface area contributed by atoms with Gasteiger partial charge < -0.3 is 0 Å². The summed E-state index contributed by atoms with van der Waals surface area (Å²) in [5.41, 5.74) is 0. The molecule has 0 aliphatic heterocycles. The summed E-state index contributed by atoms with van der Waals surface area (Å²) < 4.78 is 3.60. The van der Waals surface area contributed by atoms with Crippen LogP contribution in [0, 0.1) is 0 Å². The predicted octanol–water partition coefficient (Wildman–Crippen LogP) is 8.78. The maximum Gasteiger partial charge on any atom is 0.374 e. The summed E-state index contributed by atoms with van der Waals surface area (Å²) in [4.78, 5) is 0.798.